The molecule has 0 atom stereocenters. The molecule has 1 aliphatic heterocycles. The van der Waals surface area contributed by atoms with Crippen molar-refractivity contribution in [1.82, 2.24) is 0 Å². The van der Waals surface area contributed by atoms with Gasteiger partial charge in [-0.05, 0) is 66.8 Å². The number of anilines is 1. The summed E-state index contributed by atoms with van der Waals surface area (Å²) >= 11 is 6.03. The molecule has 116 valence electrons. The van der Waals surface area contributed by atoms with Crippen LogP contribution in [0, 0.1) is 18.3 Å². The number of allylic oxidation sites excluding steroid dienone is 1. The van der Waals surface area contributed by atoms with Crippen molar-refractivity contribution < 1.29 is 0 Å². The first-order valence-electron chi connectivity index (χ1n) is 7.91. The molecule has 2 aromatic rings. The van der Waals surface area contributed by atoms with Gasteiger partial charge >= 0.3 is 0 Å². The molecule has 0 spiro atoms. The highest BCUT2D eigenvalue weighted by Crippen LogP contribution is 2.27. The number of benzene rings is 2. The predicted molar refractivity (Wildman–Crippen MR) is 97.6 cm³/mol. The lowest BCUT2D eigenvalue weighted by Gasteiger charge is -2.20. The number of nitriles is 1. The second-order valence-electron chi connectivity index (χ2n) is 5.92. The zero-order valence-electron chi connectivity index (χ0n) is 13.2. The van der Waals surface area contributed by atoms with Crippen LogP contribution in [0.2, 0.25) is 5.02 Å². The number of hydrogen-bond donors (Lipinski definition) is 0. The Hall–Kier alpha value is -2.24. The minimum absolute atomic E-state index is 0.626. The molecule has 0 bridgehead atoms. The molecular weight excluding hydrogens is 304 g/mol. The summed E-state index contributed by atoms with van der Waals surface area (Å²) < 4.78 is 0. The zero-order chi connectivity index (χ0) is 16.2. The van der Waals surface area contributed by atoms with Gasteiger partial charge in [0.2, 0.25) is 0 Å². The SMILES string of the molecule is Cc1cc(/C=C(/C#N)c2cccc(Cl)c2)ccc1N1CCCC1. The Kier molecular flexibility index (Phi) is 4.69. The van der Waals surface area contributed by atoms with Crippen molar-refractivity contribution in [3.63, 3.8) is 0 Å². The van der Waals surface area contributed by atoms with E-state index in [9.17, 15) is 5.26 Å². The van der Waals surface area contributed by atoms with Crippen LogP contribution in [0.15, 0.2) is 42.5 Å². The molecule has 0 saturated carbocycles. The number of hydrogen-bond acceptors (Lipinski definition) is 2. The highest BCUT2D eigenvalue weighted by atomic mass is 35.5. The lowest BCUT2D eigenvalue weighted by atomic mass is 10.0. The van der Waals surface area contributed by atoms with Crippen LogP contribution in [0.4, 0.5) is 5.69 Å². The van der Waals surface area contributed by atoms with Gasteiger partial charge in [-0.1, -0.05) is 29.8 Å². The van der Waals surface area contributed by atoms with Gasteiger partial charge < -0.3 is 4.90 Å². The van der Waals surface area contributed by atoms with E-state index in [1.54, 1.807) is 0 Å². The van der Waals surface area contributed by atoms with Gasteiger partial charge in [0.1, 0.15) is 0 Å². The summed E-state index contributed by atoms with van der Waals surface area (Å²) in [6, 6.07) is 16.1. The fourth-order valence-electron chi connectivity index (χ4n) is 3.08. The highest BCUT2D eigenvalue weighted by Gasteiger charge is 2.14. The summed E-state index contributed by atoms with van der Waals surface area (Å²) in [7, 11) is 0. The first-order valence-corrected chi connectivity index (χ1v) is 8.28. The third-order valence-electron chi connectivity index (χ3n) is 4.23. The molecule has 0 amide bonds. The molecule has 2 nitrogen and oxygen atoms in total. The number of aryl methyl sites for hydroxylation is 1. The second-order valence-corrected chi connectivity index (χ2v) is 6.36. The largest absolute Gasteiger partial charge is 0.371 e. The van der Waals surface area contributed by atoms with Crippen LogP contribution in [-0.2, 0) is 0 Å². The molecule has 1 saturated heterocycles. The Bertz CT molecular complexity index is 780. The monoisotopic (exact) mass is 322 g/mol. The van der Waals surface area contributed by atoms with E-state index in [0.29, 0.717) is 10.6 Å². The number of halogens is 1. The fourth-order valence-corrected chi connectivity index (χ4v) is 3.27. The van der Waals surface area contributed by atoms with E-state index in [2.05, 4.69) is 36.1 Å². The van der Waals surface area contributed by atoms with Crippen molar-refractivity contribution in [3.05, 3.63) is 64.2 Å². The predicted octanol–water partition coefficient (Wildman–Crippen LogP) is 5.31. The number of rotatable bonds is 3. The molecule has 0 radical (unpaired) electrons. The van der Waals surface area contributed by atoms with Crippen LogP contribution in [0.3, 0.4) is 0 Å². The number of nitrogens with zero attached hydrogens (tertiary/aromatic N) is 2. The molecule has 1 aliphatic rings. The van der Waals surface area contributed by atoms with Gasteiger partial charge in [-0.3, -0.25) is 0 Å². The van der Waals surface area contributed by atoms with E-state index in [-0.39, 0.29) is 0 Å². The van der Waals surface area contributed by atoms with Crippen molar-refractivity contribution in [2.75, 3.05) is 18.0 Å². The Morgan fingerprint density at radius 1 is 1.17 bits per heavy atom. The van der Waals surface area contributed by atoms with Crippen molar-refractivity contribution in [1.29, 1.82) is 5.26 Å². The Labute approximate surface area is 142 Å². The topological polar surface area (TPSA) is 27.0 Å². The maximum atomic E-state index is 9.46. The third kappa shape index (κ3) is 3.57. The van der Waals surface area contributed by atoms with Crippen LogP contribution >= 0.6 is 11.6 Å². The van der Waals surface area contributed by atoms with E-state index in [1.165, 1.54) is 24.1 Å². The van der Waals surface area contributed by atoms with E-state index in [0.717, 1.165) is 24.2 Å². The lowest BCUT2D eigenvalue weighted by Crippen LogP contribution is -2.18. The van der Waals surface area contributed by atoms with Crippen LogP contribution < -0.4 is 4.90 Å². The third-order valence-corrected chi connectivity index (χ3v) is 4.47. The maximum Gasteiger partial charge on any atom is 0.0998 e. The van der Waals surface area contributed by atoms with Gasteiger partial charge in [0.25, 0.3) is 0 Å². The summed E-state index contributed by atoms with van der Waals surface area (Å²) in [5.41, 5.74) is 5.08. The molecular formula is C20H19ClN2. The second kappa shape index (κ2) is 6.89. The highest BCUT2D eigenvalue weighted by molar-refractivity contribution is 6.30. The van der Waals surface area contributed by atoms with Crippen LogP contribution in [0.5, 0.6) is 0 Å². The average molecular weight is 323 g/mol. The molecule has 3 rings (SSSR count). The Morgan fingerprint density at radius 2 is 1.96 bits per heavy atom. The van der Waals surface area contributed by atoms with E-state index < -0.39 is 0 Å². The smallest absolute Gasteiger partial charge is 0.0998 e. The quantitative estimate of drug-likeness (QED) is 0.565. The van der Waals surface area contributed by atoms with Crippen molar-refractivity contribution >= 4 is 28.9 Å². The summed E-state index contributed by atoms with van der Waals surface area (Å²) in [5, 5.41) is 10.1. The maximum absolute atomic E-state index is 9.46. The van der Waals surface area contributed by atoms with Gasteiger partial charge in [0.15, 0.2) is 0 Å². The molecule has 3 heteroatoms. The normalized spacial score (nSPS) is 14.8. The van der Waals surface area contributed by atoms with E-state index in [1.807, 2.05) is 30.3 Å². The van der Waals surface area contributed by atoms with Crippen LogP contribution in [0.1, 0.15) is 29.5 Å². The Balaban J connectivity index is 1.91. The first-order chi connectivity index (χ1) is 11.2. The minimum atomic E-state index is 0.626. The summed E-state index contributed by atoms with van der Waals surface area (Å²) in [4.78, 5) is 2.44. The standard InChI is InChI=1S/C20H19ClN2/c1-15-11-16(7-8-20(15)23-9-2-3-10-23)12-18(14-22)17-5-4-6-19(21)13-17/h4-8,11-13H,2-3,9-10H2,1H3/b18-12-. The van der Waals surface area contributed by atoms with Crippen LogP contribution in [0.25, 0.3) is 11.6 Å². The molecule has 0 unspecified atom stereocenters. The van der Waals surface area contributed by atoms with Gasteiger partial charge in [0, 0.05) is 23.8 Å². The van der Waals surface area contributed by atoms with Crippen LogP contribution in [-0.4, -0.2) is 13.1 Å². The zero-order valence-corrected chi connectivity index (χ0v) is 14.0. The fraction of sp³-hybridized carbons (Fsp3) is 0.250. The molecule has 0 N–H and O–H groups in total. The lowest BCUT2D eigenvalue weighted by molar-refractivity contribution is 0.949. The Morgan fingerprint density at radius 3 is 2.61 bits per heavy atom. The van der Waals surface area contributed by atoms with E-state index >= 15 is 0 Å². The van der Waals surface area contributed by atoms with Crippen molar-refractivity contribution in [2.45, 2.75) is 19.8 Å². The van der Waals surface area contributed by atoms with Crippen molar-refractivity contribution in [3.8, 4) is 6.07 Å². The van der Waals surface area contributed by atoms with Gasteiger partial charge in [-0.25, -0.2) is 0 Å². The minimum Gasteiger partial charge on any atom is -0.371 e. The average Bonchev–Trinajstić information content (AvgIpc) is 3.07. The van der Waals surface area contributed by atoms with E-state index in [4.69, 9.17) is 11.6 Å². The molecule has 1 fully saturated rings. The molecule has 0 aromatic heterocycles. The van der Waals surface area contributed by atoms with Crippen molar-refractivity contribution in [2.24, 2.45) is 0 Å². The van der Waals surface area contributed by atoms with Gasteiger partial charge in [-0.15, -0.1) is 0 Å². The first kappa shape index (κ1) is 15.6. The summed E-state index contributed by atoms with van der Waals surface area (Å²) in [5.74, 6) is 0. The molecule has 2 aromatic carbocycles. The molecule has 0 aliphatic carbocycles. The van der Waals surface area contributed by atoms with Gasteiger partial charge in [0.05, 0.1) is 11.6 Å². The summed E-state index contributed by atoms with van der Waals surface area (Å²) in [6.07, 6.45) is 4.47. The molecule has 1 heterocycles. The summed E-state index contributed by atoms with van der Waals surface area (Å²) in [6.45, 7) is 4.42. The van der Waals surface area contributed by atoms with Gasteiger partial charge in [-0.2, -0.15) is 5.26 Å². The molecule has 23 heavy (non-hydrogen) atoms.